The van der Waals surface area contributed by atoms with E-state index < -0.39 is 0 Å². The second-order valence-electron chi connectivity index (χ2n) is 4.46. The van der Waals surface area contributed by atoms with Crippen LogP contribution in [-0.2, 0) is 14.3 Å². The van der Waals surface area contributed by atoms with E-state index in [1.165, 1.54) is 0 Å². The van der Waals surface area contributed by atoms with Crippen LogP contribution >= 0.6 is 0 Å². The molecule has 1 N–H and O–H groups in total. The average Bonchev–Trinajstić information content (AvgIpc) is 2.17. The second kappa shape index (κ2) is 6.08. The van der Waals surface area contributed by atoms with Gasteiger partial charge in [0.1, 0.15) is 6.04 Å². The molecule has 1 heterocycles. The molecular formula is C11H21NO3. The van der Waals surface area contributed by atoms with E-state index in [0.717, 1.165) is 13.0 Å². The first kappa shape index (κ1) is 12.5. The Hall–Kier alpha value is -0.610. The molecule has 0 radical (unpaired) electrons. The molecule has 0 aliphatic carbocycles. The van der Waals surface area contributed by atoms with Gasteiger partial charge < -0.3 is 14.8 Å². The maximum atomic E-state index is 11.6. The van der Waals surface area contributed by atoms with Crippen LogP contribution in [0.15, 0.2) is 0 Å². The van der Waals surface area contributed by atoms with Crippen LogP contribution in [0.5, 0.6) is 0 Å². The fraction of sp³-hybridized carbons (Fsp3) is 0.909. The number of morpholine rings is 1. The molecule has 4 nitrogen and oxygen atoms in total. The Morgan fingerprint density at radius 2 is 2.27 bits per heavy atom. The van der Waals surface area contributed by atoms with Gasteiger partial charge in [-0.15, -0.1) is 0 Å². The van der Waals surface area contributed by atoms with Gasteiger partial charge in [0, 0.05) is 6.54 Å². The standard InChI is InChI=1S/C11H21NO3/c1-8(2)6-9(3)15-11(13)10-7-14-5-4-12-10/h8-10,12H,4-7H2,1-3H3. The van der Waals surface area contributed by atoms with Gasteiger partial charge in [0.15, 0.2) is 0 Å². The van der Waals surface area contributed by atoms with Crippen molar-refractivity contribution in [2.24, 2.45) is 5.92 Å². The van der Waals surface area contributed by atoms with Crippen molar-refractivity contribution < 1.29 is 14.3 Å². The minimum Gasteiger partial charge on any atom is -0.461 e. The van der Waals surface area contributed by atoms with Crippen LogP contribution in [0.1, 0.15) is 27.2 Å². The smallest absolute Gasteiger partial charge is 0.325 e. The Labute approximate surface area is 91.3 Å². The summed E-state index contributed by atoms with van der Waals surface area (Å²) in [7, 11) is 0. The zero-order valence-corrected chi connectivity index (χ0v) is 9.79. The summed E-state index contributed by atoms with van der Waals surface area (Å²) in [6.07, 6.45) is 0.889. The van der Waals surface area contributed by atoms with E-state index in [-0.39, 0.29) is 18.1 Å². The zero-order valence-electron chi connectivity index (χ0n) is 9.79. The van der Waals surface area contributed by atoms with Gasteiger partial charge in [-0.2, -0.15) is 0 Å². The van der Waals surface area contributed by atoms with Gasteiger partial charge >= 0.3 is 5.97 Å². The van der Waals surface area contributed by atoms with Crippen LogP contribution in [0.4, 0.5) is 0 Å². The highest BCUT2D eigenvalue weighted by Gasteiger charge is 2.24. The summed E-state index contributed by atoms with van der Waals surface area (Å²) in [6, 6.07) is -0.284. The summed E-state index contributed by atoms with van der Waals surface area (Å²) >= 11 is 0. The molecule has 2 unspecified atom stereocenters. The van der Waals surface area contributed by atoms with Crippen molar-refractivity contribution in [3.8, 4) is 0 Å². The first-order valence-electron chi connectivity index (χ1n) is 5.61. The number of rotatable bonds is 4. The van der Waals surface area contributed by atoms with Gasteiger partial charge in [-0.05, 0) is 19.3 Å². The van der Waals surface area contributed by atoms with Gasteiger partial charge in [-0.25, -0.2) is 0 Å². The third-order valence-electron chi connectivity index (χ3n) is 2.33. The first-order valence-corrected chi connectivity index (χ1v) is 5.61. The third-order valence-corrected chi connectivity index (χ3v) is 2.33. The molecule has 88 valence electrons. The van der Waals surface area contributed by atoms with Crippen molar-refractivity contribution in [2.75, 3.05) is 19.8 Å². The number of hydrogen-bond acceptors (Lipinski definition) is 4. The highest BCUT2D eigenvalue weighted by Crippen LogP contribution is 2.09. The number of esters is 1. The monoisotopic (exact) mass is 215 g/mol. The SMILES string of the molecule is CC(C)CC(C)OC(=O)C1COCCN1. The molecule has 0 spiro atoms. The number of hydrogen-bond donors (Lipinski definition) is 1. The summed E-state index contributed by atoms with van der Waals surface area (Å²) in [4.78, 5) is 11.6. The van der Waals surface area contributed by atoms with Gasteiger partial charge in [-0.3, -0.25) is 4.79 Å². The fourth-order valence-corrected chi connectivity index (χ4v) is 1.71. The second-order valence-corrected chi connectivity index (χ2v) is 4.46. The van der Waals surface area contributed by atoms with Crippen molar-refractivity contribution >= 4 is 5.97 Å². The van der Waals surface area contributed by atoms with Crippen molar-refractivity contribution in [1.82, 2.24) is 5.32 Å². The molecule has 0 aromatic rings. The molecule has 1 fully saturated rings. The lowest BCUT2D eigenvalue weighted by atomic mass is 10.1. The van der Waals surface area contributed by atoms with Crippen molar-refractivity contribution in [1.29, 1.82) is 0 Å². The lowest BCUT2D eigenvalue weighted by Gasteiger charge is -2.24. The van der Waals surface area contributed by atoms with Gasteiger partial charge in [0.05, 0.1) is 19.3 Å². The Balaban J connectivity index is 2.27. The van der Waals surface area contributed by atoms with Crippen LogP contribution < -0.4 is 5.32 Å². The third kappa shape index (κ3) is 4.62. The Kier molecular flexibility index (Phi) is 5.05. The average molecular weight is 215 g/mol. The molecule has 0 saturated carbocycles. The van der Waals surface area contributed by atoms with Crippen LogP contribution in [0, 0.1) is 5.92 Å². The number of nitrogens with one attached hydrogen (secondary N) is 1. The number of carbonyl (C=O) groups excluding carboxylic acids is 1. The van der Waals surface area contributed by atoms with Crippen molar-refractivity contribution in [3.05, 3.63) is 0 Å². The minimum absolute atomic E-state index is 0.0128. The summed E-state index contributed by atoms with van der Waals surface area (Å²) in [5, 5.41) is 3.08. The minimum atomic E-state index is -0.284. The lowest BCUT2D eigenvalue weighted by molar-refractivity contribution is -0.154. The molecule has 2 atom stereocenters. The molecule has 15 heavy (non-hydrogen) atoms. The van der Waals surface area contributed by atoms with Gasteiger partial charge in [0.2, 0.25) is 0 Å². The quantitative estimate of drug-likeness (QED) is 0.709. The van der Waals surface area contributed by atoms with E-state index >= 15 is 0 Å². The number of ether oxygens (including phenoxy) is 2. The topological polar surface area (TPSA) is 47.6 Å². The lowest BCUT2D eigenvalue weighted by Crippen LogP contribution is -2.48. The summed E-state index contributed by atoms with van der Waals surface area (Å²) in [5.74, 6) is 0.353. The molecule has 1 saturated heterocycles. The molecule has 0 bridgehead atoms. The summed E-state index contributed by atoms with van der Waals surface area (Å²) in [5.41, 5.74) is 0. The van der Waals surface area contributed by atoms with Gasteiger partial charge in [-0.1, -0.05) is 13.8 Å². The van der Waals surface area contributed by atoms with Gasteiger partial charge in [0.25, 0.3) is 0 Å². The van der Waals surface area contributed by atoms with Crippen molar-refractivity contribution in [2.45, 2.75) is 39.3 Å². The van der Waals surface area contributed by atoms with Crippen LogP contribution in [0.3, 0.4) is 0 Å². The molecule has 1 aliphatic heterocycles. The van der Waals surface area contributed by atoms with E-state index in [4.69, 9.17) is 9.47 Å². The van der Waals surface area contributed by atoms with E-state index in [9.17, 15) is 4.79 Å². The molecular weight excluding hydrogens is 194 g/mol. The Morgan fingerprint density at radius 1 is 1.53 bits per heavy atom. The maximum absolute atomic E-state index is 11.6. The first-order chi connectivity index (χ1) is 7.09. The molecule has 1 aliphatic rings. The van der Waals surface area contributed by atoms with E-state index in [0.29, 0.717) is 19.1 Å². The van der Waals surface area contributed by atoms with E-state index in [2.05, 4.69) is 19.2 Å². The summed E-state index contributed by atoms with van der Waals surface area (Å²) in [6.45, 7) is 7.98. The highest BCUT2D eigenvalue weighted by molar-refractivity contribution is 5.76. The summed E-state index contributed by atoms with van der Waals surface area (Å²) < 4.78 is 10.5. The maximum Gasteiger partial charge on any atom is 0.325 e. The Bertz CT molecular complexity index is 200. The van der Waals surface area contributed by atoms with E-state index in [1.54, 1.807) is 0 Å². The van der Waals surface area contributed by atoms with Crippen LogP contribution in [0.25, 0.3) is 0 Å². The van der Waals surface area contributed by atoms with E-state index in [1.807, 2.05) is 6.92 Å². The predicted molar refractivity (Wildman–Crippen MR) is 57.6 cm³/mol. The van der Waals surface area contributed by atoms with Crippen LogP contribution in [0.2, 0.25) is 0 Å². The number of carbonyl (C=O) groups is 1. The molecule has 0 amide bonds. The normalized spacial score (nSPS) is 23.9. The zero-order chi connectivity index (χ0) is 11.3. The highest BCUT2D eigenvalue weighted by atomic mass is 16.5. The van der Waals surface area contributed by atoms with Crippen LogP contribution in [-0.4, -0.2) is 37.9 Å². The predicted octanol–water partition coefficient (Wildman–Crippen LogP) is 0.953. The largest absolute Gasteiger partial charge is 0.461 e. The molecule has 1 rings (SSSR count). The Morgan fingerprint density at radius 3 is 2.80 bits per heavy atom. The molecule has 0 aromatic carbocycles. The fourth-order valence-electron chi connectivity index (χ4n) is 1.71. The molecule has 0 aromatic heterocycles. The molecule has 4 heteroatoms. The van der Waals surface area contributed by atoms with Crippen molar-refractivity contribution in [3.63, 3.8) is 0 Å².